The molecule has 0 aliphatic heterocycles. The van der Waals surface area contributed by atoms with Crippen LogP contribution >= 0.6 is 0 Å². The molecular formula is C11H26N4O2+2. The highest BCUT2D eigenvalue weighted by Gasteiger charge is 2.04. The normalized spacial score (nSPS) is 11.9. The molecule has 0 unspecified atom stereocenters. The molecule has 0 aromatic rings. The van der Waals surface area contributed by atoms with Crippen molar-refractivity contribution in [1.82, 2.24) is 5.32 Å². The molecule has 0 saturated carbocycles. The van der Waals surface area contributed by atoms with Crippen molar-refractivity contribution in [1.29, 1.82) is 0 Å². The standard InChI is InChI=1S/C11H24N4O2/c1-10(14-17)11(16)13-8-4-6-12-7-5-9-15(2)3/h12,17H,4-9H2,1-3H3,(H,13,16)/p+2/b14-10-. The molecule has 17 heavy (non-hydrogen) atoms. The van der Waals surface area contributed by atoms with E-state index in [2.05, 4.69) is 29.9 Å². The molecule has 0 saturated heterocycles. The number of carbonyl (C=O) groups excluding carboxylic acids is 1. The fourth-order valence-corrected chi connectivity index (χ4v) is 1.37. The van der Waals surface area contributed by atoms with E-state index in [1.165, 1.54) is 24.8 Å². The summed E-state index contributed by atoms with van der Waals surface area (Å²) < 4.78 is 0. The molecule has 5 N–H and O–H groups in total. The lowest BCUT2D eigenvalue weighted by Gasteiger charge is -2.06. The minimum atomic E-state index is -0.302. The van der Waals surface area contributed by atoms with E-state index in [0.717, 1.165) is 19.5 Å². The average Bonchev–Trinajstić information content (AvgIpc) is 2.30. The molecule has 6 heteroatoms. The summed E-state index contributed by atoms with van der Waals surface area (Å²) in [5, 5.41) is 16.2. The van der Waals surface area contributed by atoms with E-state index in [4.69, 9.17) is 5.21 Å². The largest absolute Gasteiger partial charge is 0.410 e. The van der Waals surface area contributed by atoms with Gasteiger partial charge in [0.15, 0.2) is 0 Å². The van der Waals surface area contributed by atoms with Crippen LogP contribution in [-0.2, 0) is 4.79 Å². The third kappa shape index (κ3) is 9.77. The lowest BCUT2D eigenvalue weighted by molar-refractivity contribution is -0.860. The second-order valence-corrected chi connectivity index (χ2v) is 4.47. The monoisotopic (exact) mass is 246 g/mol. The van der Waals surface area contributed by atoms with E-state index in [1.807, 2.05) is 0 Å². The molecule has 0 radical (unpaired) electrons. The Hall–Kier alpha value is -1.14. The Balaban J connectivity index is 3.27. The molecule has 0 aromatic heterocycles. The van der Waals surface area contributed by atoms with Gasteiger partial charge in [-0.25, -0.2) is 0 Å². The summed E-state index contributed by atoms with van der Waals surface area (Å²) in [7, 11) is 4.31. The van der Waals surface area contributed by atoms with Crippen LogP contribution in [0.25, 0.3) is 0 Å². The van der Waals surface area contributed by atoms with Gasteiger partial charge in [-0.3, -0.25) is 4.79 Å². The molecule has 6 nitrogen and oxygen atoms in total. The highest BCUT2D eigenvalue weighted by molar-refractivity contribution is 6.37. The first-order valence-corrected chi connectivity index (χ1v) is 6.15. The number of nitrogens with one attached hydrogen (secondary N) is 2. The Bertz CT molecular complexity index is 242. The Morgan fingerprint density at radius 1 is 1.35 bits per heavy atom. The van der Waals surface area contributed by atoms with Gasteiger partial charge < -0.3 is 20.7 Å². The van der Waals surface area contributed by atoms with Crippen LogP contribution in [0.3, 0.4) is 0 Å². The first-order chi connectivity index (χ1) is 8.07. The van der Waals surface area contributed by atoms with Gasteiger partial charge in [-0.15, -0.1) is 0 Å². The van der Waals surface area contributed by atoms with E-state index in [9.17, 15) is 4.79 Å². The predicted molar refractivity (Wildman–Crippen MR) is 66.5 cm³/mol. The van der Waals surface area contributed by atoms with Crippen molar-refractivity contribution in [3.05, 3.63) is 0 Å². The van der Waals surface area contributed by atoms with Crippen molar-refractivity contribution in [2.75, 3.05) is 40.3 Å². The number of rotatable bonds is 9. The summed E-state index contributed by atoms with van der Waals surface area (Å²) in [5.74, 6) is -0.302. The number of hydrogen-bond acceptors (Lipinski definition) is 3. The minimum absolute atomic E-state index is 0.0999. The first-order valence-electron chi connectivity index (χ1n) is 6.15. The second kappa shape index (κ2) is 10.0. The van der Waals surface area contributed by atoms with E-state index in [1.54, 1.807) is 0 Å². The Labute approximate surface area is 103 Å². The molecule has 100 valence electrons. The van der Waals surface area contributed by atoms with E-state index >= 15 is 0 Å². The maximum absolute atomic E-state index is 11.2. The second-order valence-electron chi connectivity index (χ2n) is 4.47. The van der Waals surface area contributed by atoms with Gasteiger partial charge in [0, 0.05) is 19.4 Å². The van der Waals surface area contributed by atoms with Gasteiger partial charge in [-0.1, -0.05) is 5.16 Å². The first kappa shape index (κ1) is 15.9. The molecule has 1 amide bonds. The molecule has 0 atom stereocenters. The van der Waals surface area contributed by atoms with Gasteiger partial charge >= 0.3 is 0 Å². The molecule has 0 fully saturated rings. The fourth-order valence-electron chi connectivity index (χ4n) is 1.37. The summed E-state index contributed by atoms with van der Waals surface area (Å²) in [5.41, 5.74) is 0.0999. The topological polar surface area (TPSA) is 82.7 Å². The average molecular weight is 246 g/mol. The molecule has 0 rings (SSSR count). The molecule has 0 bridgehead atoms. The maximum atomic E-state index is 11.2. The fraction of sp³-hybridized carbons (Fsp3) is 0.818. The number of carbonyl (C=O) groups is 1. The van der Waals surface area contributed by atoms with Crippen LogP contribution in [0.2, 0.25) is 0 Å². The molecule has 0 heterocycles. The Morgan fingerprint density at radius 3 is 2.59 bits per heavy atom. The summed E-state index contributed by atoms with van der Waals surface area (Å²) >= 11 is 0. The number of nitrogens with two attached hydrogens (primary N) is 1. The lowest BCUT2D eigenvalue weighted by Crippen LogP contribution is -3.06. The third-order valence-electron chi connectivity index (χ3n) is 2.43. The smallest absolute Gasteiger partial charge is 0.268 e. The van der Waals surface area contributed by atoms with Crippen molar-refractivity contribution in [3.8, 4) is 0 Å². The number of amides is 1. The van der Waals surface area contributed by atoms with Crippen LogP contribution in [0.15, 0.2) is 5.16 Å². The van der Waals surface area contributed by atoms with Crippen molar-refractivity contribution >= 4 is 11.6 Å². The zero-order valence-corrected chi connectivity index (χ0v) is 11.1. The van der Waals surface area contributed by atoms with Crippen LogP contribution in [0, 0.1) is 0 Å². The van der Waals surface area contributed by atoms with Crippen molar-refractivity contribution in [2.45, 2.75) is 19.8 Å². The van der Waals surface area contributed by atoms with Crippen molar-refractivity contribution in [2.24, 2.45) is 5.16 Å². The number of oxime groups is 1. The quantitative estimate of drug-likeness (QED) is 0.156. The zero-order valence-electron chi connectivity index (χ0n) is 11.1. The van der Waals surface area contributed by atoms with Gasteiger partial charge in [-0.2, -0.15) is 0 Å². The summed E-state index contributed by atoms with van der Waals surface area (Å²) in [6, 6.07) is 0. The van der Waals surface area contributed by atoms with E-state index in [0.29, 0.717) is 6.54 Å². The van der Waals surface area contributed by atoms with Gasteiger partial charge in [0.1, 0.15) is 5.71 Å². The highest BCUT2D eigenvalue weighted by atomic mass is 16.4. The van der Waals surface area contributed by atoms with Crippen LogP contribution in [0.5, 0.6) is 0 Å². The number of hydrogen-bond donors (Lipinski definition) is 4. The summed E-state index contributed by atoms with van der Waals surface area (Å²) in [6.45, 7) is 5.44. The molecule has 0 spiro atoms. The lowest BCUT2D eigenvalue weighted by atomic mass is 10.3. The SMILES string of the molecule is C/C(=N/O)C(=O)NCCC[NH2+]CCC[NH+](C)C. The van der Waals surface area contributed by atoms with Gasteiger partial charge in [0.05, 0.1) is 33.7 Å². The molecular weight excluding hydrogens is 220 g/mol. The Morgan fingerprint density at radius 2 is 2.00 bits per heavy atom. The maximum Gasteiger partial charge on any atom is 0.268 e. The van der Waals surface area contributed by atoms with E-state index < -0.39 is 0 Å². The summed E-state index contributed by atoms with van der Waals surface area (Å²) in [4.78, 5) is 12.6. The zero-order chi connectivity index (χ0) is 13.1. The van der Waals surface area contributed by atoms with Crippen LogP contribution in [0.4, 0.5) is 0 Å². The molecule has 0 aliphatic rings. The highest BCUT2D eigenvalue weighted by Crippen LogP contribution is 1.76. The number of quaternary nitrogens is 2. The van der Waals surface area contributed by atoms with Gasteiger partial charge in [0.25, 0.3) is 5.91 Å². The summed E-state index contributed by atoms with van der Waals surface area (Å²) in [6.07, 6.45) is 2.14. The molecule has 0 aromatic carbocycles. The minimum Gasteiger partial charge on any atom is -0.410 e. The van der Waals surface area contributed by atoms with Crippen LogP contribution in [-0.4, -0.2) is 57.1 Å². The van der Waals surface area contributed by atoms with E-state index in [-0.39, 0.29) is 11.6 Å². The molecule has 0 aliphatic carbocycles. The van der Waals surface area contributed by atoms with Crippen LogP contribution < -0.4 is 15.5 Å². The van der Waals surface area contributed by atoms with Gasteiger partial charge in [0.2, 0.25) is 0 Å². The van der Waals surface area contributed by atoms with Gasteiger partial charge in [-0.05, 0) is 6.92 Å². The van der Waals surface area contributed by atoms with Crippen LogP contribution in [0.1, 0.15) is 19.8 Å². The van der Waals surface area contributed by atoms with Crippen molar-refractivity contribution < 1.29 is 20.2 Å². The predicted octanol–water partition coefficient (Wildman–Crippen LogP) is -2.56. The Kier molecular flexibility index (Phi) is 9.37. The van der Waals surface area contributed by atoms with Crippen molar-refractivity contribution in [3.63, 3.8) is 0 Å². The third-order valence-corrected chi connectivity index (χ3v) is 2.43. The number of nitrogens with zero attached hydrogens (tertiary/aromatic N) is 1.